The van der Waals surface area contributed by atoms with Gasteiger partial charge in [-0.15, -0.1) is 0 Å². The maximum atomic E-state index is 2.39. The summed E-state index contributed by atoms with van der Waals surface area (Å²) in [5, 5.41) is 1.34. The lowest BCUT2D eigenvalue weighted by molar-refractivity contribution is -0.647. The van der Waals surface area contributed by atoms with Crippen LogP contribution in [0.2, 0.25) is 0 Å². The molecule has 0 saturated heterocycles. The van der Waals surface area contributed by atoms with Gasteiger partial charge in [-0.3, -0.25) is 0 Å². The fourth-order valence-electron chi connectivity index (χ4n) is 4.42. The van der Waals surface area contributed by atoms with Gasteiger partial charge in [-0.2, -0.15) is 4.57 Å². The standard InChI is InChI=1S/C25H29N2/c1-4-27(5-2)23-15-13-19(14-16-23)17-21-10-8-11-22-18-20-9-6-7-12-24(20)26(3)25(21)22/h6-7,9,12-18H,4-5,8,10-11H2,1-3H3/q+1. The van der Waals surface area contributed by atoms with Crippen molar-refractivity contribution in [3.05, 3.63) is 71.4 Å². The molecule has 0 bridgehead atoms. The van der Waals surface area contributed by atoms with Gasteiger partial charge in [0.2, 0.25) is 11.2 Å². The van der Waals surface area contributed by atoms with E-state index >= 15 is 0 Å². The third kappa shape index (κ3) is 3.37. The van der Waals surface area contributed by atoms with Crippen LogP contribution in [0, 0.1) is 0 Å². The van der Waals surface area contributed by atoms with Gasteiger partial charge < -0.3 is 4.90 Å². The zero-order valence-corrected chi connectivity index (χ0v) is 16.7. The molecule has 3 aromatic rings. The van der Waals surface area contributed by atoms with Crippen LogP contribution < -0.4 is 9.47 Å². The number of aromatic nitrogens is 1. The fourth-order valence-corrected chi connectivity index (χ4v) is 4.42. The van der Waals surface area contributed by atoms with Gasteiger partial charge in [-0.05, 0) is 69.0 Å². The lowest BCUT2D eigenvalue weighted by Gasteiger charge is -2.21. The largest absolute Gasteiger partial charge is 0.372 e. The predicted molar refractivity (Wildman–Crippen MR) is 116 cm³/mol. The Hall–Kier alpha value is -2.61. The lowest BCUT2D eigenvalue weighted by Crippen LogP contribution is -2.36. The van der Waals surface area contributed by atoms with Crippen molar-refractivity contribution in [2.24, 2.45) is 7.05 Å². The molecule has 0 radical (unpaired) electrons. The Labute approximate surface area is 162 Å². The molecule has 27 heavy (non-hydrogen) atoms. The minimum atomic E-state index is 1.05. The van der Waals surface area contributed by atoms with Crippen molar-refractivity contribution in [3.8, 4) is 0 Å². The number of anilines is 1. The third-order valence-corrected chi connectivity index (χ3v) is 5.83. The second-order valence-corrected chi connectivity index (χ2v) is 7.42. The SMILES string of the molecule is CCN(CC)c1ccc(/C=C2\CCCc3cc4ccccc4[n+](C)c32)cc1. The highest BCUT2D eigenvalue weighted by Crippen LogP contribution is 2.32. The average Bonchev–Trinajstić information content (AvgIpc) is 2.70. The maximum absolute atomic E-state index is 2.39. The number of para-hydroxylation sites is 1. The van der Waals surface area contributed by atoms with Crippen molar-refractivity contribution in [2.75, 3.05) is 18.0 Å². The van der Waals surface area contributed by atoms with E-state index in [1.54, 1.807) is 0 Å². The molecule has 1 aliphatic rings. The molecule has 0 N–H and O–H groups in total. The summed E-state index contributed by atoms with van der Waals surface area (Å²) in [6, 6.07) is 20.1. The van der Waals surface area contributed by atoms with Crippen LogP contribution in [0.15, 0.2) is 54.6 Å². The summed E-state index contributed by atoms with van der Waals surface area (Å²) < 4.78 is 2.39. The predicted octanol–water partition coefficient (Wildman–Crippen LogP) is 5.39. The van der Waals surface area contributed by atoms with E-state index in [1.807, 2.05) is 0 Å². The number of allylic oxidation sites excluding steroid dienone is 1. The Balaban J connectivity index is 1.75. The first kappa shape index (κ1) is 17.8. The summed E-state index contributed by atoms with van der Waals surface area (Å²) in [4.78, 5) is 2.39. The van der Waals surface area contributed by atoms with Crippen LogP contribution in [-0.2, 0) is 13.5 Å². The van der Waals surface area contributed by atoms with Crippen LogP contribution >= 0.6 is 0 Å². The van der Waals surface area contributed by atoms with Gasteiger partial charge in [0.25, 0.3) is 0 Å². The first-order valence-electron chi connectivity index (χ1n) is 10.2. The molecule has 4 rings (SSSR count). The number of hydrogen-bond acceptors (Lipinski definition) is 1. The molecule has 138 valence electrons. The lowest BCUT2D eigenvalue weighted by atomic mass is 9.89. The minimum absolute atomic E-state index is 1.05. The van der Waals surface area contributed by atoms with Crippen LogP contribution in [0.1, 0.15) is 43.5 Å². The van der Waals surface area contributed by atoms with Gasteiger partial charge in [0.1, 0.15) is 7.05 Å². The second kappa shape index (κ2) is 7.56. The molecule has 0 fully saturated rings. The molecular formula is C25H29N2+. The minimum Gasteiger partial charge on any atom is -0.372 e. The zero-order valence-electron chi connectivity index (χ0n) is 16.7. The van der Waals surface area contributed by atoms with Gasteiger partial charge in [0.05, 0.1) is 0 Å². The quantitative estimate of drug-likeness (QED) is 0.568. The zero-order chi connectivity index (χ0) is 18.8. The second-order valence-electron chi connectivity index (χ2n) is 7.42. The molecule has 0 aliphatic heterocycles. The number of aryl methyl sites for hydroxylation is 2. The normalized spacial score (nSPS) is 15.1. The molecule has 1 heterocycles. The summed E-state index contributed by atoms with van der Waals surface area (Å²) in [6.45, 7) is 6.52. The molecule has 0 unspecified atom stereocenters. The van der Waals surface area contributed by atoms with E-state index in [0.717, 1.165) is 19.5 Å². The van der Waals surface area contributed by atoms with Crippen molar-refractivity contribution in [3.63, 3.8) is 0 Å². The van der Waals surface area contributed by atoms with Crippen molar-refractivity contribution in [2.45, 2.75) is 33.1 Å². The maximum Gasteiger partial charge on any atom is 0.212 e. The highest BCUT2D eigenvalue weighted by atomic mass is 15.1. The summed E-state index contributed by atoms with van der Waals surface area (Å²) in [7, 11) is 2.21. The number of benzene rings is 2. The van der Waals surface area contributed by atoms with Crippen LogP contribution in [0.5, 0.6) is 0 Å². The van der Waals surface area contributed by atoms with Crippen LogP contribution in [0.4, 0.5) is 5.69 Å². The van der Waals surface area contributed by atoms with Crippen molar-refractivity contribution < 1.29 is 4.57 Å². The molecule has 2 aromatic carbocycles. The highest BCUT2D eigenvalue weighted by molar-refractivity contribution is 5.85. The Morgan fingerprint density at radius 3 is 2.44 bits per heavy atom. The Bertz CT molecular complexity index is 979. The van der Waals surface area contributed by atoms with E-state index in [-0.39, 0.29) is 0 Å². The van der Waals surface area contributed by atoms with E-state index in [2.05, 4.69) is 91.0 Å². The average molecular weight is 358 g/mol. The molecular weight excluding hydrogens is 328 g/mol. The van der Waals surface area contributed by atoms with E-state index in [9.17, 15) is 0 Å². The van der Waals surface area contributed by atoms with Crippen LogP contribution in [0.25, 0.3) is 22.6 Å². The van der Waals surface area contributed by atoms with Gasteiger partial charge in [-0.25, -0.2) is 0 Å². The summed E-state index contributed by atoms with van der Waals surface area (Å²) >= 11 is 0. The number of nitrogens with zero attached hydrogens (tertiary/aromatic N) is 2. The molecule has 1 aromatic heterocycles. The van der Waals surface area contributed by atoms with Crippen molar-refractivity contribution in [1.29, 1.82) is 0 Å². The highest BCUT2D eigenvalue weighted by Gasteiger charge is 2.25. The van der Waals surface area contributed by atoms with Crippen molar-refractivity contribution >= 4 is 28.2 Å². The fraction of sp³-hybridized carbons (Fsp3) is 0.320. The summed E-state index contributed by atoms with van der Waals surface area (Å²) in [5.41, 5.74) is 8.26. The van der Waals surface area contributed by atoms with Gasteiger partial charge in [-0.1, -0.05) is 24.3 Å². The Morgan fingerprint density at radius 1 is 0.963 bits per heavy atom. The van der Waals surface area contributed by atoms with Gasteiger partial charge in [0, 0.05) is 41.4 Å². The molecule has 0 amide bonds. The van der Waals surface area contributed by atoms with E-state index in [1.165, 1.54) is 51.8 Å². The third-order valence-electron chi connectivity index (χ3n) is 5.83. The van der Waals surface area contributed by atoms with E-state index in [0.29, 0.717) is 0 Å². The van der Waals surface area contributed by atoms with Gasteiger partial charge >= 0.3 is 0 Å². The monoisotopic (exact) mass is 357 g/mol. The molecule has 0 saturated carbocycles. The summed E-state index contributed by atoms with van der Waals surface area (Å²) in [6.07, 6.45) is 5.94. The smallest absolute Gasteiger partial charge is 0.212 e. The molecule has 2 heteroatoms. The van der Waals surface area contributed by atoms with E-state index < -0.39 is 0 Å². The first-order valence-corrected chi connectivity index (χ1v) is 10.2. The van der Waals surface area contributed by atoms with Crippen molar-refractivity contribution in [1.82, 2.24) is 0 Å². The van der Waals surface area contributed by atoms with Gasteiger partial charge in [0.15, 0.2) is 0 Å². The molecule has 1 aliphatic carbocycles. The topological polar surface area (TPSA) is 7.12 Å². The Morgan fingerprint density at radius 2 is 1.70 bits per heavy atom. The molecule has 0 spiro atoms. The van der Waals surface area contributed by atoms with Crippen LogP contribution in [-0.4, -0.2) is 13.1 Å². The van der Waals surface area contributed by atoms with E-state index in [4.69, 9.17) is 0 Å². The Kier molecular flexibility index (Phi) is 4.98. The number of fused-ring (bicyclic) bond motifs is 2. The molecule has 2 nitrogen and oxygen atoms in total. The number of hydrogen-bond donors (Lipinski definition) is 0. The number of rotatable bonds is 4. The van der Waals surface area contributed by atoms with Crippen LogP contribution in [0.3, 0.4) is 0 Å². The summed E-state index contributed by atoms with van der Waals surface area (Å²) in [5.74, 6) is 0. The first-order chi connectivity index (χ1) is 13.2. The molecule has 0 atom stereocenters. The number of pyridine rings is 1.